The minimum atomic E-state index is 0.534. The molecule has 0 bridgehead atoms. The first kappa shape index (κ1) is 13.2. The average molecular weight is 264 g/mol. The van der Waals surface area contributed by atoms with Crippen molar-refractivity contribution in [1.82, 2.24) is 5.32 Å². The first-order valence-corrected chi connectivity index (χ1v) is 6.62. The van der Waals surface area contributed by atoms with Crippen molar-refractivity contribution in [2.24, 2.45) is 0 Å². The van der Waals surface area contributed by atoms with Crippen LogP contribution in [-0.2, 0) is 0 Å². The maximum absolute atomic E-state index is 5.94. The Labute approximate surface area is 113 Å². The second-order valence-corrected chi connectivity index (χ2v) is 5.07. The molecule has 2 aromatic rings. The van der Waals surface area contributed by atoms with Gasteiger partial charge in [0, 0.05) is 16.5 Å². The highest BCUT2D eigenvalue weighted by Gasteiger charge is 2.01. The van der Waals surface area contributed by atoms with Gasteiger partial charge in [0.05, 0.1) is 0 Å². The minimum Gasteiger partial charge on any atom is -0.457 e. The molecule has 0 fully saturated rings. The number of hydrogen-bond acceptors (Lipinski definition) is 2. The highest BCUT2D eigenvalue weighted by Crippen LogP contribution is 2.23. The van der Waals surface area contributed by atoms with Crippen LogP contribution in [0, 0.1) is 0 Å². The molecule has 1 N–H and O–H groups in total. The lowest BCUT2D eigenvalue weighted by Crippen LogP contribution is -2.23. The van der Waals surface area contributed by atoms with Gasteiger partial charge in [0.25, 0.3) is 0 Å². The van der Waals surface area contributed by atoms with Crippen LogP contribution in [0.4, 0.5) is 0 Å². The topological polar surface area (TPSA) is 25.2 Å². The number of benzene rings is 1. The van der Waals surface area contributed by atoms with E-state index >= 15 is 0 Å². The predicted octanol–water partition coefficient (Wildman–Crippen LogP) is 4.49. The van der Waals surface area contributed by atoms with E-state index in [0.717, 1.165) is 34.7 Å². The van der Waals surface area contributed by atoms with E-state index in [9.17, 15) is 0 Å². The maximum atomic E-state index is 5.94. The summed E-state index contributed by atoms with van der Waals surface area (Å²) in [5.41, 5.74) is 0.874. The molecule has 0 saturated carbocycles. The molecule has 0 unspecified atom stereocenters. The summed E-state index contributed by atoms with van der Waals surface area (Å²) in [7, 11) is 0. The fourth-order valence-electron chi connectivity index (χ4n) is 1.77. The van der Waals surface area contributed by atoms with E-state index < -0.39 is 0 Å². The summed E-state index contributed by atoms with van der Waals surface area (Å²) in [6.07, 6.45) is 5.13. The predicted molar refractivity (Wildman–Crippen MR) is 78.0 cm³/mol. The van der Waals surface area contributed by atoms with Crippen molar-refractivity contribution in [3.8, 4) is 0 Å². The van der Waals surface area contributed by atoms with Crippen molar-refractivity contribution in [2.75, 3.05) is 6.54 Å². The first-order valence-electron chi connectivity index (χ1n) is 6.24. The van der Waals surface area contributed by atoms with Gasteiger partial charge in [-0.3, -0.25) is 0 Å². The van der Waals surface area contributed by atoms with E-state index in [0.29, 0.717) is 6.04 Å². The molecule has 2 rings (SSSR count). The molecule has 1 heterocycles. The summed E-state index contributed by atoms with van der Waals surface area (Å²) in [6.45, 7) is 5.28. The Morgan fingerprint density at radius 3 is 2.94 bits per heavy atom. The first-order chi connectivity index (χ1) is 8.65. The van der Waals surface area contributed by atoms with Gasteiger partial charge in [-0.15, -0.1) is 0 Å². The minimum absolute atomic E-state index is 0.534. The number of nitrogens with one attached hydrogen (secondary N) is 1. The molecule has 0 saturated heterocycles. The van der Waals surface area contributed by atoms with Crippen molar-refractivity contribution in [3.63, 3.8) is 0 Å². The molecule has 0 atom stereocenters. The van der Waals surface area contributed by atoms with Crippen LogP contribution in [0.2, 0.25) is 5.02 Å². The maximum Gasteiger partial charge on any atom is 0.134 e. The third-order valence-electron chi connectivity index (χ3n) is 2.64. The van der Waals surface area contributed by atoms with Crippen molar-refractivity contribution in [1.29, 1.82) is 0 Å². The Balaban J connectivity index is 1.97. The zero-order valence-corrected chi connectivity index (χ0v) is 11.5. The Morgan fingerprint density at radius 2 is 2.17 bits per heavy atom. The molecule has 3 heteroatoms. The van der Waals surface area contributed by atoms with E-state index in [2.05, 4.69) is 25.2 Å². The third-order valence-corrected chi connectivity index (χ3v) is 2.88. The molecular weight excluding hydrogens is 246 g/mol. The Bertz CT molecular complexity index is 542. The highest BCUT2D eigenvalue weighted by molar-refractivity contribution is 6.31. The van der Waals surface area contributed by atoms with Crippen LogP contribution in [-0.4, -0.2) is 12.6 Å². The van der Waals surface area contributed by atoms with Gasteiger partial charge >= 0.3 is 0 Å². The fourth-order valence-corrected chi connectivity index (χ4v) is 1.95. The van der Waals surface area contributed by atoms with E-state index in [1.54, 1.807) is 0 Å². The van der Waals surface area contributed by atoms with Gasteiger partial charge in [-0.25, -0.2) is 0 Å². The molecule has 0 aliphatic heterocycles. The van der Waals surface area contributed by atoms with Gasteiger partial charge in [-0.1, -0.05) is 31.5 Å². The summed E-state index contributed by atoms with van der Waals surface area (Å²) >= 11 is 5.94. The van der Waals surface area contributed by atoms with Gasteiger partial charge in [-0.05, 0) is 43.3 Å². The van der Waals surface area contributed by atoms with Crippen molar-refractivity contribution >= 4 is 28.6 Å². The molecule has 0 radical (unpaired) electrons. The quantitative estimate of drug-likeness (QED) is 0.804. The number of furan rings is 1. The van der Waals surface area contributed by atoms with Gasteiger partial charge in [0.2, 0.25) is 0 Å². The molecule has 18 heavy (non-hydrogen) atoms. The molecule has 0 aliphatic rings. The monoisotopic (exact) mass is 263 g/mol. The fraction of sp³-hybridized carbons (Fsp3) is 0.333. The van der Waals surface area contributed by atoms with E-state index in [1.807, 2.05) is 30.3 Å². The summed E-state index contributed by atoms with van der Waals surface area (Å²) in [6, 6.07) is 8.20. The largest absolute Gasteiger partial charge is 0.457 e. The highest BCUT2D eigenvalue weighted by atomic mass is 35.5. The number of rotatable bonds is 5. The lowest BCUT2D eigenvalue weighted by atomic mass is 10.2. The van der Waals surface area contributed by atoms with E-state index in [1.165, 1.54) is 0 Å². The van der Waals surface area contributed by atoms with Crippen LogP contribution in [0.3, 0.4) is 0 Å². The van der Waals surface area contributed by atoms with E-state index in [-0.39, 0.29) is 0 Å². The molecule has 0 aliphatic carbocycles. The standard InChI is InChI=1S/C15H18ClNO/c1-11(2)17-8-4-3-5-14-10-12-9-13(16)6-7-15(12)18-14/h3,5-7,9-11,17H,4,8H2,1-2H3/b5-3+. The molecule has 2 nitrogen and oxygen atoms in total. The summed E-state index contributed by atoms with van der Waals surface area (Å²) in [5, 5.41) is 5.15. The molecule has 1 aromatic heterocycles. The lowest BCUT2D eigenvalue weighted by molar-refractivity contribution is 0.593. The third kappa shape index (κ3) is 3.62. The lowest BCUT2D eigenvalue weighted by Gasteiger charge is -2.04. The van der Waals surface area contributed by atoms with Crippen LogP contribution in [0.15, 0.2) is 34.8 Å². The van der Waals surface area contributed by atoms with Crippen LogP contribution in [0.1, 0.15) is 26.0 Å². The van der Waals surface area contributed by atoms with Crippen molar-refractivity contribution in [2.45, 2.75) is 26.3 Å². The smallest absolute Gasteiger partial charge is 0.134 e. The Morgan fingerprint density at radius 1 is 1.33 bits per heavy atom. The summed E-state index contributed by atoms with van der Waals surface area (Å²) in [5.74, 6) is 0.872. The zero-order valence-electron chi connectivity index (χ0n) is 10.7. The van der Waals surface area contributed by atoms with Gasteiger partial charge < -0.3 is 9.73 Å². The van der Waals surface area contributed by atoms with Crippen molar-refractivity contribution < 1.29 is 4.42 Å². The SMILES string of the molecule is CC(C)NCC/C=C/c1cc2cc(Cl)ccc2o1. The molecular formula is C15H18ClNO. The number of hydrogen-bond donors (Lipinski definition) is 1. The number of fused-ring (bicyclic) bond motifs is 1. The molecule has 0 amide bonds. The van der Waals surface area contributed by atoms with Crippen LogP contribution < -0.4 is 5.32 Å². The summed E-state index contributed by atoms with van der Waals surface area (Å²) in [4.78, 5) is 0. The van der Waals surface area contributed by atoms with E-state index in [4.69, 9.17) is 16.0 Å². The van der Waals surface area contributed by atoms with Crippen LogP contribution >= 0.6 is 11.6 Å². The van der Waals surface area contributed by atoms with Gasteiger partial charge in [0.1, 0.15) is 11.3 Å². The average Bonchev–Trinajstić information content (AvgIpc) is 2.70. The normalized spacial score (nSPS) is 12.0. The molecule has 1 aromatic carbocycles. The Hall–Kier alpha value is -1.25. The van der Waals surface area contributed by atoms with Crippen molar-refractivity contribution in [3.05, 3.63) is 41.1 Å². The summed E-state index contributed by atoms with van der Waals surface area (Å²) < 4.78 is 5.68. The second-order valence-electron chi connectivity index (χ2n) is 4.63. The molecule has 0 spiro atoms. The van der Waals surface area contributed by atoms with Crippen LogP contribution in [0.5, 0.6) is 0 Å². The zero-order chi connectivity index (χ0) is 13.0. The second kappa shape index (κ2) is 6.07. The molecule has 96 valence electrons. The van der Waals surface area contributed by atoms with Gasteiger partial charge in [-0.2, -0.15) is 0 Å². The van der Waals surface area contributed by atoms with Gasteiger partial charge in [0.15, 0.2) is 0 Å². The van der Waals surface area contributed by atoms with Crippen LogP contribution in [0.25, 0.3) is 17.0 Å². The number of halogens is 1. The Kier molecular flexibility index (Phi) is 4.45.